The zero-order chi connectivity index (χ0) is 38.7. The molecule has 0 unspecified atom stereocenters. The summed E-state index contributed by atoms with van der Waals surface area (Å²) in [7, 11) is 0. The molecule has 0 aliphatic carbocycles. The maximum atomic E-state index is 7.00. The van der Waals surface area contributed by atoms with Crippen molar-refractivity contribution in [1.29, 1.82) is 0 Å². The second kappa shape index (κ2) is 13.5. The Morgan fingerprint density at radius 3 is 1.39 bits per heavy atom. The van der Waals surface area contributed by atoms with Crippen LogP contribution in [0.15, 0.2) is 158 Å². The average Bonchev–Trinajstić information content (AvgIpc) is 3.73. The first-order chi connectivity index (χ1) is 27.8. The van der Waals surface area contributed by atoms with Gasteiger partial charge in [0.2, 0.25) is 0 Å². The lowest BCUT2D eigenvalue weighted by atomic mass is 9.84. The number of benzene rings is 5. The Morgan fingerprint density at radius 1 is 0.474 bits per heavy atom. The smallest absolute Gasteiger partial charge is 0.159 e. The number of aryl methyl sites for hydroxylation is 1. The SMILES string of the molecule is Cc1cnc(-c2cc(Oc3ccc4c5ccccc5n(-c5ccccn5)c4c3)c(C(C)(C)C)c(Oc3ccc4c5ccccc5n(-c5ccccn5)c4c3)c2)nc1. The number of rotatable bonds is 7. The third kappa shape index (κ3) is 6.03. The van der Waals surface area contributed by atoms with Crippen LogP contribution in [-0.4, -0.2) is 29.1 Å². The normalized spacial score (nSPS) is 11.9. The highest BCUT2D eigenvalue weighted by Gasteiger charge is 2.28. The number of hydrogen-bond donors (Lipinski definition) is 0. The fourth-order valence-corrected chi connectivity index (χ4v) is 7.91. The summed E-state index contributed by atoms with van der Waals surface area (Å²) in [5.41, 5.74) is 6.42. The lowest BCUT2D eigenvalue weighted by molar-refractivity contribution is 0.422. The van der Waals surface area contributed by atoms with Crippen molar-refractivity contribution in [3.63, 3.8) is 0 Å². The van der Waals surface area contributed by atoms with E-state index in [1.54, 1.807) is 0 Å². The van der Waals surface area contributed by atoms with Gasteiger partial charge in [0.05, 0.1) is 22.1 Å². The van der Waals surface area contributed by atoms with E-state index < -0.39 is 5.41 Å². The highest BCUT2D eigenvalue weighted by Crippen LogP contribution is 2.46. The van der Waals surface area contributed by atoms with Gasteiger partial charge in [0.1, 0.15) is 34.6 Å². The molecule has 10 aromatic rings. The Labute approximate surface area is 329 Å². The number of aromatic nitrogens is 6. The van der Waals surface area contributed by atoms with Crippen molar-refractivity contribution < 1.29 is 9.47 Å². The van der Waals surface area contributed by atoms with Crippen molar-refractivity contribution in [2.75, 3.05) is 0 Å². The van der Waals surface area contributed by atoms with Gasteiger partial charge < -0.3 is 9.47 Å². The zero-order valence-electron chi connectivity index (χ0n) is 32.0. The highest BCUT2D eigenvalue weighted by atomic mass is 16.5. The third-order valence-electron chi connectivity index (χ3n) is 10.4. The van der Waals surface area contributed by atoms with Crippen molar-refractivity contribution in [2.45, 2.75) is 33.1 Å². The molecule has 8 nitrogen and oxygen atoms in total. The molecule has 0 saturated heterocycles. The summed E-state index contributed by atoms with van der Waals surface area (Å²) in [5, 5.41) is 4.52. The molecule has 10 rings (SSSR count). The van der Waals surface area contributed by atoms with E-state index in [0.29, 0.717) is 28.8 Å². The van der Waals surface area contributed by atoms with Gasteiger partial charge >= 0.3 is 0 Å². The summed E-state index contributed by atoms with van der Waals surface area (Å²) in [6.07, 6.45) is 7.30. The fourth-order valence-electron chi connectivity index (χ4n) is 7.91. The van der Waals surface area contributed by atoms with Gasteiger partial charge in [0.25, 0.3) is 0 Å². The van der Waals surface area contributed by atoms with E-state index >= 15 is 0 Å². The number of fused-ring (bicyclic) bond motifs is 6. The van der Waals surface area contributed by atoms with E-state index in [-0.39, 0.29) is 0 Å². The molecule has 0 atom stereocenters. The van der Waals surface area contributed by atoms with Crippen molar-refractivity contribution in [2.24, 2.45) is 0 Å². The molecule has 0 amide bonds. The molecular formula is C49H38N6O2. The van der Waals surface area contributed by atoms with Crippen LogP contribution in [0.3, 0.4) is 0 Å². The van der Waals surface area contributed by atoms with Gasteiger partial charge in [-0.1, -0.05) is 69.3 Å². The van der Waals surface area contributed by atoms with Crippen LogP contribution < -0.4 is 9.47 Å². The molecule has 276 valence electrons. The Balaban J connectivity index is 1.15. The standard InChI is InChI=1S/C49H38N6O2/c1-31-29-52-48(53-30-31)32-25-43(56-33-19-21-37-35-13-5-7-15-39(35)54(41(37)27-33)45-17-9-11-23-50-45)47(49(2,3)4)44(26-32)57-34-20-22-38-36-14-6-8-16-40(36)55(42(38)28-34)46-18-10-12-24-51-46/h5-30H,1-4H3. The van der Waals surface area contributed by atoms with Gasteiger partial charge in [-0.05, 0) is 90.7 Å². The summed E-state index contributed by atoms with van der Waals surface area (Å²) in [5.74, 6) is 4.93. The topological polar surface area (TPSA) is 79.9 Å². The molecule has 0 N–H and O–H groups in total. The second-order valence-corrected chi connectivity index (χ2v) is 15.3. The van der Waals surface area contributed by atoms with Gasteiger partial charge in [0, 0.05) is 69.6 Å². The molecule has 5 heterocycles. The van der Waals surface area contributed by atoms with Crippen LogP contribution in [0.1, 0.15) is 31.9 Å². The van der Waals surface area contributed by atoms with Gasteiger partial charge in [-0.25, -0.2) is 19.9 Å². The second-order valence-electron chi connectivity index (χ2n) is 15.3. The molecule has 0 bridgehead atoms. The monoisotopic (exact) mass is 742 g/mol. The van der Waals surface area contributed by atoms with E-state index in [2.05, 4.69) is 103 Å². The minimum atomic E-state index is -0.392. The minimum absolute atomic E-state index is 0.392. The summed E-state index contributed by atoms with van der Waals surface area (Å²) >= 11 is 0. The molecule has 0 radical (unpaired) electrons. The number of ether oxygens (including phenoxy) is 2. The average molecular weight is 743 g/mol. The van der Waals surface area contributed by atoms with Gasteiger partial charge in [-0.15, -0.1) is 0 Å². The quantitative estimate of drug-likeness (QED) is 0.162. The molecule has 5 aromatic carbocycles. The third-order valence-corrected chi connectivity index (χ3v) is 10.4. The zero-order valence-corrected chi connectivity index (χ0v) is 32.0. The van der Waals surface area contributed by atoms with Crippen LogP contribution in [0.4, 0.5) is 0 Å². The molecule has 0 aliphatic heterocycles. The number of nitrogens with zero attached hydrogens (tertiary/aromatic N) is 6. The van der Waals surface area contributed by atoms with Gasteiger partial charge in [-0.2, -0.15) is 0 Å². The molecule has 8 heteroatoms. The lowest BCUT2D eigenvalue weighted by Crippen LogP contribution is -2.14. The summed E-state index contributed by atoms with van der Waals surface area (Å²) in [4.78, 5) is 18.9. The lowest BCUT2D eigenvalue weighted by Gasteiger charge is -2.26. The molecular weight excluding hydrogens is 705 g/mol. The van der Waals surface area contributed by atoms with Crippen LogP contribution in [0, 0.1) is 6.92 Å². The first-order valence-corrected chi connectivity index (χ1v) is 19.0. The van der Waals surface area contributed by atoms with Crippen LogP contribution >= 0.6 is 0 Å². The first-order valence-electron chi connectivity index (χ1n) is 19.0. The number of hydrogen-bond acceptors (Lipinski definition) is 6. The fraction of sp³-hybridized carbons (Fsp3) is 0.102. The Bertz CT molecular complexity index is 2930. The molecule has 57 heavy (non-hydrogen) atoms. The van der Waals surface area contributed by atoms with E-state index in [4.69, 9.17) is 29.4 Å². The highest BCUT2D eigenvalue weighted by molar-refractivity contribution is 6.10. The minimum Gasteiger partial charge on any atom is -0.457 e. The molecule has 0 saturated carbocycles. The van der Waals surface area contributed by atoms with Crippen molar-refractivity contribution in [1.82, 2.24) is 29.1 Å². The van der Waals surface area contributed by atoms with E-state index in [1.807, 2.05) is 92.4 Å². The molecule has 0 spiro atoms. The predicted octanol–water partition coefficient (Wildman–Crippen LogP) is 12.3. The Kier molecular flexibility index (Phi) is 8.07. The maximum absolute atomic E-state index is 7.00. The van der Waals surface area contributed by atoms with Gasteiger partial charge in [0.15, 0.2) is 5.82 Å². The van der Waals surface area contributed by atoms with Crippen LogP contribution in [0.2, 0.25) is 0 Å². The predicted molar refractivity (Wildman–Crippen MR) is 228 cm³/mol. The number of pyridine rings is 2. The maximum Gasteiger partial charge on any atom is 0.159 e. The van der Waals surface area contributed by atoms with Crippen LogP contribution in [0.5, 0.6) is 23.0 Å². The summed E-state index contributed by atoms with van der Waals surface area (Å²) < 4.78 is 18.4. The molecule has 0 aliphatic rings. The Morgan fingerprint density at radius 2 is 0.930 bits per heavy atom. The van der Waals surface area contributed by atoms with E-state index in [9.17, 15) is 0 Å². The summed E-state index contributed by atoms with van der Waals surface area (Å²) in [6.45, 7) is 8.51. The molecule has 5 aromatic heterocycles. The van der Waals surface area contributed by atoms with Gasteiger partial charge in [-0.3, -0.25) is 9.13 Å². The van der Waals surface area contributed by atoms with Crippen molar-refractivity contribution in [3.8, 4) is 46.0 Å². The first kappa shape index (κ1) is 34.2. The van der Waals surface area contributed by atoms with Crippen molar-refractivity contribution >= 4 is 43.6 Å². The molecule has 0 fully saturated rings. The number of para-hydroxylation sites is 2. The Hall–Kier alpha value is -7.32. The van der Waals surface area contributed by atoms with Crippen LogP contribution in [0.25, 0.3) is 66.6 Å². The van der Waals surface area contributed by atoms with Crippen LogP contribution in [-0.2, 0) is 5.41 Å². The van der Waals surface area contributed by atoms with E-state index in [1.165, 1.54) is 0 Å². The van der Waals surface area contributed by atoms with E-state index in [0.717, 1.165) is 71.9 Å². The van der Waals surface area contributed by atoms with Crippen molar-refractivity contribution in [3.05, 3.63) is 169 Å². The largest absolute Gasteiger partial charge is 0.457 e. The summed E-state index contributed by atoms with van der Waals surface area (Å²) in [6, 6.07) is 45.3.